The van der Waals surface area contributed by atoms with Crippen LogP contribution in [0, 0.1) is 0 Å². The Morgan fingerprint density at radius 2 is 2.42 bits per heavy atom. The van der Waals surface area contributed by atoms with Gasteiger partial charge in [-0.2, -0.15) is 0 Å². The lowest BCUT2D eigenvalue weighted by atomic mass is 10.2. The van der Waals surface area contributed by atoms with Crippen LogP contribution < -0.4 is 5.73 Å². The first-order valence-corrected chi connectivity index (χ1v) is 3.81. The average Bonchev–Trinajstić information content (AvgIpc) is 2.50. The van der Waals surface area contributed by atoms with Crippen molar-refractivity contribution >= 4 is 11.1 Å². The first-order chi connectivity index (χ1) is 5.92. The smallest absolute Gasteiger partial charge is 0.185 e. The molecule has 2 rings (SSSR count). The van der Waals surface area contributed by atoms with Gasteiger partial charge in [0, 0.05) is 12.6 Å². The minimum absolute atomic E-state index is 0.568. The summed E-state index contributed by atoms with van der Waals surface area (Å²) in [6.45, 7) is 0.568. The Kier molecular flexibility index (Phi) is 1.75. The van der Waals surface area contributed by atoms with Crippen LogP contribution in [0.15, 0.2) is 22.9 Å². The fourth-order valence-corrected chi connectivity index (χ4v) is 1.13. The minimum atomic E-state index is 0.568. The van der Waals surface area contributed by atoms with E-state index in [9.17, 15) is 0 Å². The lowest BCUT2D eigenvalue weighted by molar-refractivity contribution is 0.446. The molecule has 4 nitrogen and oxygen atoms in total. The van der Waals surface area contributed by atoms with Gasteiger partial charge in [-0.1, -0.05) is 5.16 Å². The molecule has 0 saturated heterocycles. The maximum Gasteiger partial charge on any atom is 0.185 e. The van der Waals surface area contributed by atoms with Crippen LogP contribution in [0.5, 0.6) is 0 Å². The Bertz CT molecular complexity index is 382. The van der Waals surface area contributed by atoms with Crippen molar-refractivity contribution in [3.8, 4) is 0 Å². The van der Waals surface area contributed by atoms with Crippen LogP contribution >= 0.6 is 0 Å². The van der Waals surface area contributed by atoms with Crippen LogP contribution in [-0.4, -0.2) is 16.7 Å². The first kappa shape index (κ1) is 7.24. The van der Waals surface area contributed by atoms with Crippen LogP contribution in [0.25, 0.3) is 11.1 Å². The summed E-state index contributed by atoms with van der Waals surface area (Å²) in [7, 11) is 0. The zero-order chi connectivity index (χ0) is 8.39. The topological polar surface area (TPSA) is 64.9 Å². The van der Waals surface area contributed by atoms with Crippen LogP contribution in [-0.2, 0) is 6.42 Å². The molecule has 0 atom stereocenters. The van der Waals surface area contributed by atoms with Gasteiger partial charge in [0.25, 0.3) is 0 Å². The van der Waals surface area contributed by atoms with Crippen LogP contribution in [0.2, 0.25) is 0 Å². The van der Waals surface area contributed by atoms with E-state index in [2.05, 4.69) is 10.1 Å². The van der Waals surface area contributed by atoms with Crippen molar-refractivity contribution in [1.82, 2.24) is 10.1 Å². The number of hydrogen-bond donors (Lipinski definition) is 1. The Morgan fingerprint density at radius 3 is 3.25 bits per heavy atom. The van der Waals surface area contributed by atoms with Gasteiger partial charge in [0.15, 0.2) is 5.58 Å². The zero-order valence-electron chi connectivity index (χ0n) is 6.53. The molecule has 2 aromatic heterocycles. The van der Waals surface area contributed by atoms with Gasteiger partial charge in [-0.05, 0) is 18.7 Å². The molecule has 0 bridgehead atoms. The first-order valence-electron chi connectivity index (χ1n) is 3.81. The Labute approximate surface area is 69.4 Å². The third-order valence-corrected chi connectivity index (χ3v) is 1.68. The van der Waals surface area contributed by atoms with Crippen LogP contribution in [0.1, 0.15) is 5.69 Å². The molecule has 0 aliphatic heterocycles. The van der Waals surface area contributed by atoms with Crippen molar-refractivity contribution in [2.45, 2.75) is 6.42 Å². The second-order valence-corrected chi connectivity index (χ2v) is 2.52. The van der Waals surface area contributed by atoms with Gasteiger partial charge < -0.3 is 10.3 Å². The quantitative estimate of drug-likeness (QED) is 0.708. The SMILES string of the molecule is NCCc1noc2cccnc12. The molecule has 2 heterocycles. The van der Waals surface area contributed by atoms with Gasteiger partial charge in [0.05, 0.1) is 0 Å². The van der Waals surface area contributed by atoms with Gasteiger partial charge >= 0.3 is 0 Å². The summed E-state index contributed by atoms with van der Waals surface area (Å²) in [6, 6.07) is 3.66. The predicted molar refractivity (Wildman–Crippen MR) is 44.6 cm³/mol. The van der Waals surface area contributed by atoms with Crippen molar-refractivity contribution in [1.29, 1.82) is 0 Å². The number of hydrogen-bond acceptors (Lipinski definition) is 4. The monoisotopic (exact) mass is 163 g/mol. The van der Waals surface area contributed by atoms with Gasteiger partial charge in [0.1, 0.15) is 11.2 Å². The molecule has 12 heavy (non-hydrogen) atoms. The molecule has 0 aliphatic carbocycles. The van der Waals surface area contributed by atoms with Crippen molar-refractivity contribution in [2.24, 2.45) is 5.73 Å². The number of rotatable bonds is 2. The fourth-order valence-electron chi connectivity index (χ4n) is 1.13. The number of aromatic nitrogens is 2. The second-order valence-electron chi connectivity index (χ2n) is 2.52. The Balaban J connectivity index is 2.55. The van der Waals surface area contributed by atoms with Gasteiger partial charge in [0.2, 0.25) is 0 Å². The van der Waals surface area contributed by atoms with Gasteiger partial charge in [-0.25, -0.2) is 0 Å². The van der Waals surface area contributed by atoms with Crippen molar-refractivity contribution < 1.29 is 4.52 Å². The van der Waals surface area contributed by atoms with Crippen molar-refractivity contribution in [3.63, 3.8) is 0 Å². The molecular weight excluding hydrogens is 154 g/mol. The number of pyridine rings is 1. The summed E-state index contributed by atoms with van der Waals surface area (Å²) in [5.41, 5.74) is 7.79. The standard InChI is InChI=1S/C8H9N3O/c9-4-3-6-8-7(12-11-6)2-1-5-10-8/h1-2,5H,3-4,9H2. The molecule has 0 fully saturated rings. The van der Waals surface area contributed by atoms with E-state index in [1.807, 2.05) is 12.1 Å². The Morgan fingerprint density at radius 1 is 1.50 bits per heavy atom. The summed E-state index contributed by atoms with van der Waals surface area (Å²) in [4.78, 5) is 4.15. The van der Waals surface area contributed by atoms with Crippen LogP contribution in [0.3, 0.4) is 0 Å². The normalized spacial score (nSPS) is 10.8. The van der Waals surface area contributed by atoms with E-state index < -0.39 is 0 Å². The molecule has 0 saturated carbocycles. The third kappa shape index (κ3) is 1.06. The van der Waals surface area contributed by atoms with E-state index >= 15 is 0 Å². The highest BCUT2D eigenvalue weighted by Crippen LogP contribution is 2.14. The van der Waals surface area contributed by atoms with E-state index in [4.69, 9.17) is 10.3 Å². The second kappa shape index (κ2) is 2.91. The summed E-state index contributed by atoms with van der Waals surface area (Å²) < 4.78 is 5.03. The lowest BCUT2D eigenvalue weighted by Crippen LogP contribution is -2.03. The number of nitrogens with zero attached hydrogens (tertiary/aromatic N) is 2. The maximum absolute atomic E-state index is 5.40. The zero-order valence-corrected chi connectivity index (χ0v) is 6.53. The maximum atomic E-state index is 5.40. The van der Waals surface area contributed by atoms with E-state index in [-0.39, 0.29) is 0 Å². The van der Waals surface area contributed by atoms with E-state index in [0.717, 1.165) is 16.8 Å². The van der Waals surface area contributed by atoms with Crippen molar-refractivity contribution in [2.75, 3.05) is 6.54 Å². The molecule has 62 valence electrons. The highest BCUT2D eigenvalue weighted by molar-refractivity contribution is 5.74. The highest BCUT2D eigenvalue weighted by Gasteiger charge is 2.06. The molecule has 0 unspecified atom stereocenters. The Hall–Kier alpha value is -1.42. The minimum Gasteiger partial charge on any atom is -0.354 e. The lowest BCUT2D eigenvalue weighted by Gasteiger charge is -1.88. The van der Waals surface area contributed by atoms with E-state index in [0.29, 0.717) is 13.0 Å². The van der Waals surface area contributed by atoms with Gasteiger partial charge in [-0.15, -0.1) is 0 Å². The molecule has 0 aliphatic rings. The molecule has 0 spiro atoms. The molecule has 2 N–H and O–H groups in total. The number of fused-ring (bicyclic) bond motifs is 1. The summed E-state index contributed by atoms with van der Waals surface area (Å²) in [5, 5.41) is 3.87. The van der Waals surface area contributed by atoms with Gasteiger partial charge in [-0.3, -0.25) is 4.98 Å². The van der Waals surface area contributed by atoms with Crippen molar-refractivity contribution in [3.05, 3.63) is 24.0 Å². The third-order valence-electron chi connectivity index (χ3n) is 1.68. The van der Waals surface area contributed by atoms with E-state index in [1.54, 1.807) is 6.20 Å². The molecule has 0 radical (unpaired) electrons. The average molecular weight is 163 g/mol. The summed E-state index contributed by atoms with van der Waals surface area (Å²) in [5.74, 6) is 0. The van der Waals surface area contributed by atoms with Crippen LogP contribution in [0.4, 0.5) is 0 Å². The fraction of sp³-hybridized carbons (Fsp3) is 0.250. The summed E-state index contributed by atoms with van der Waals surface area (Å²) >= 11 is 0. The molecule has 0 amide bonds. The number of nitrogens with two attached hydrogens (primary N) is 1. The predicted octanol–water partition coefficient (Wildman–Crippen LogP) is 0.724. The van der Waals surface area contributed by atoms with E-state index in [1.165, 1.54) is 0 Å². The molecule has 0 aromatic carbocycles. The molecule has 2 aromatic rings. The molecular formula is C8H9N3O. The highest BCUT2D eigenvalue weighted by atomic mass is 16.5. The largest absolute Gasteiger partial charge is 0.354 e. The summed E-state index contributed by atoms with van der Waals surface area (Å²) in [6.07, 6.45) is 2.43. The molecule has 4 heteroatoms.